The van der Waals surface area contributed by atoms with Gasteiger partial charge in [0.1, 0.15) is 0 Å². The van der Waals surface area contributed by atoms with Crippen molar-refractivity contribution in [1.82, 2.24) is 14.5 Å². The van der Waals surface area contributed by atoms with Crippen LogP contribution in [0.3, 0.4) is 0 Å². The van der Waals surface area contributed by atoms with Crippen molar-refractivity contribution in [2.24, 2.45) is 0 Å². The highest BCUT2D eigenvalue weighted by Crippen LogP contribution is 2.52. The molecule has 5 aromatic carbocycles. The first-order chi connectivity index (χ1) is 20.8. The van der Waals surface area contributed by atoms with Crippen LogP contribution >= 0.6 is 0 Å². The minimum atomic E-state index is 0.973. The zero-order valence-corrected chi connectivity index (χ0v) is 22.6. The fourth-order valence-electron chi connectivity index (χ4n) is 6.64. The van der Waals surface area contributed by atoms with Crippen molar-refractivity contribution in [3.8, 4) is 28.1 Å². The highest BCUT2D eigenvalue weighted by atomic mass is 15.2. The fraction of sp³-hybridized carbons (Fsp3) is 0. The van der Waals surface area contributed by atoms with E-state index in [1.807, 2.05) is 30.7 Å². The third kappa shape index (κ3) is 3.29. The van der Waals surface area contributed by atoms with Gasteiger partial charge in [0, 0.05) is 57.3 Å². The summed E-state index contributed by atoms with van der Waals surface area (Å²) < 4.78 is 2.39. The second kappa shape index (κ2) is 8.88. The van der Waals surface area contributed by atoms with Gasteiger partial charge in [-0.1, -0.05) is 60.7 Å². The fourth-order valence-corrected chi connectivity index (χ4v) is 6.64. The second-order valence-electron chi connectivity index (χ2n) is 10.7. The van der Waals surface area contributed by atoms with Gasteiger partial charge in [-0.05, 0) is 77.7 Å². The normalized spacial score (nSPS) is 12.2. The first-order valence-electron chi connectivity index (χ1n) is 14.2. The van der Waals surface area contributed by atoms with Gasteiger partial charge in [0.2, 0.25) is 0 Å². The van der Waals surface area contributed by atoms with E-state index in [1.54, 1.807) is 0 Å². The molecule has 0 amide bonds. The summed E-state index contributed by atoms with van der Waals surface area (Å²) >= 11 is 0. The van der Waals surface area contributed by atoms with E-state index in [1.165, 1.54) is 49.4 Å². The van der Waals surface area contributed by atoms with Crippen molar-refractivity contribution < 1.29 is 0 Å². The van der Waals surface area contributed by atoms with Gasteiger partial charge in [-0.3, -0.25) is 9.97 Å². The van der Waals surface area contributed by atoms with E-state index < -0.39 is 0 Å². The molecule has 0 unspecified atom stereocenters. The van der Waals surface area contributed by atoms with E-state index in [9.17, 15) is 0 Å². The minimum Gasteiger partial charge on any atom is -0.309 e. The number of hydrogen-bond acceptors (Lipinski definition) is 3. The van der Waals surface area contributed by atoms with Gasteiger partial charge in [0.15, 0.2) is 0 Å². The van der Waals surface area contributed by atoms with Crippen LogP contribution in [0.5, 0.6) is 0 Å². The number of rotatable bonds is 3. The summed E-state index contributed by atoms with van der Waals surface area (Å²) in [5.74, 6) is 0. The molecule has 4 nitrogen and oxygen atoms in total. The molecule has 3 aromatic heterocycles. The predicted molar refractivity (Wildman–Crippen MR) is 173 cm³/mol. The molecular weight excluding hydrogens is 512 g/mol. The molecule has 0 fully saturated rings. The van der Waals surface area contributed by atoms with Crippen molar-refractivity contribution in [2.45, 2.75) is 0 Å². The molecule has 42 heavy (non-hydrogen) atoms. The number of aromatic nitrogens is 3. The largest absolute Gasteiger partial charge is 0.309 e. The van der Waals surface area contributed by atoms with Crippen LogP contribution in [-0.2, 0) is 0 Å². The Balaban J connectivity index is 1.43. The van der Waals surface area contributed by atoms with Gasteiger partial charge in [-0.2, -0.15) is 0 Å². The lowest BCUT2D eigenvalue weighted by Crippen LogP contribution is -2.15. The van der Waals surface area contributed by atoms with Gasteiger partial charge >= 0.3 is 0 Å². The Morgan fingerprint density at radius 3 is 2.14 bits per heavy atom. The number of fused-ring (bicyclic) bond motifs is 5. The molecule has 0 N–H and O–H groups in total. The Hall–Kier alpha value is -5.74. The maximum atomic E-state index is 4.65. The summed E-state index contributed by atoms with van der Waals surface area (Å²) in [6.07, 6.45) is 5.59. The molecule has 0 aliphatic carbocycles. The highest BCUT2D eigenvalue weighted by molar-refractivity contribution is 6.19. The second-order valence-corrected chi connectivity index (χ2v) is 10.7. The predicted octanol–water partition coefficient (Wildman–Crippen LogP) is 9.84. The van der Waals surface area contributed by atoms with Crippen LogP contribution in [0.15, 0.2) is 146 Å². The highest BCUT2D eigenvalue weighted by Gasteiger charge is 2.28. The zero-order chi connectivity index (χ0) is 27.6. The van der Waals surface area contributed by atoms with Crippen LogP contribution in [0.25, 0.3) is 60.6 Å². The van der Waals surface area contributed by atoms with Crippen LogP contribution in [0.2, 0.25) is 0 Å². The summed E-state index contributed by atoms with van der Waals surface area (Å²) in [6.45, 7) is 0. The van der Waals surface area contributed by atoms with E-state index in [-0.39, 0.29) is 0 Å². The Morgan fingerprint density at radius 2 is 1.31 bits per heavy atom. The number of anilines is 3. The first-order valence-corrected chi connectivity index (χ1v) is 14.2. The van der Waals surface area contributed by atoms with Gasteiger partial charge in [-0.25, -0.2) is 0 Å². The van der Waals surface area contributed by atoms with E-state index >= 15 is 0 Å². The van der Waals surface area contributed by atoms with Gasteiger partial charge in [-0.15, -0.1) is 0 Å². The summed E-state index contributed by atoms with van der Waals surface area (Å²) in [5.41, 5.74) is 11.5. The van der Waals surface area contributed by atoms with Crippen LogP contribution in [0.4, 0.5) is 17.1 Å². The number of benzene rings is 5. The average Bonchev–Trinajstić information content (AvgIpc) is 3.38. The SMILES string of the molecule is c1ccc(-n2c3ccc(-c4ccccn4)cc3c3cc4c(cc32)N(c2ccncc2)c2cccc3cccc-4c23)cc1. The zero-order valence-electron chi connectivity index (χ0n) is 22.6. The standard InChI is InChI=1S/C38H24N4/c1-2-10-27(11-3-1)41-34-16-15-26(33-13-4-5-19-40-33)22-30(34)32-23-31-29-12-6-8-25-9-7-14-35(38(25)29)42(36(31)24-37(32)41)28-17-20-39-21-18-28/h1-24H. The lowest BCUT2D eigenvalue weighted by Gasteiger charge is -2.33. The maximum absolute atomic E-state index is 4.65. The molecule has 1 aliphatic heterocycles. The molecular formula is C38H24N4. The molecule has 0 atom stereocenters. The number of para-hydroxylation sites is 1. The Labute approximate surface area is 242 Å². The minimum absolute atomic E-state index is 0.973. The summed E-state index contributed by atoms with van der Waals surface area (Å²) in [6, 6.07) is 45.6. The maximum Gasteiger partial charge on any atom is 0.0702 e. The lowest BCUT2D eigenvalue weighted by atomic mass is 9.90. The van der Waals surface area contributed by atoms with Gasteiger partial charge < -0.3 is 9.47 Å². The summed E-state index contributed by atoms with van der Waals surface area (Å²) in [5, 5.41) is 4.93. The molecule has 9 rings (SSSR count). The number of nitrogens with zero attached hydrogens (tertiary/aromatic N) is 4. The summed E-state index contributed by atoms with van der Waals surface area (Å²) in [7, 11) is 0. The topological polar surface area (TPSA) is 34.0 Å². The van der Waals surface area contributed by atoms with E-state index in [0.717, 1.165) is 28.3 Å². The Morgan fingerprint density at radius 1 is 0.500 bits per heavy atom. The van der Waals surface area contributed by atoms with Crippen molar-refractivity contribution >= 4 is 49.6 Å². The molecule has 4 heteroatoms. The molecule has 0 radical (unpaired) electrons. The van der Waals surface area contributed by atoms with Crippen molar-refractivity contribution in [1.29, 1.82) is 0 Å². The van der Waals surface area contributed by atoms with Gasteiger partial charge in [0.25, 0.3) is 0 Å². The van der Waals surface area contributed by atoms with Crippen molar-refractivity contribution in [3.05, 3.63) is 146 Å². The lowest BCUT2D eigenvalue weighted by molar-refractivity contribution is 1.17. The van der Waals surface area contributed by atoms with Crippen LogP contribution in [-0.4, -0.2) is 14.5 Å². The van der Waals surface area contributed by atoms with Crippen molar-refractivity contribution in [2.75, 3.05) is 4.90 Å². The van der Waals surface area contributed by atoms with Gasteiger partial charge in [0.05, 0.1) is 28.1 Å². The first kappa shape index (κ1) is 23.0. The number of pyridine rings is 2. The summed E-state index contributed by atoms with van der Waals surface area (Å²) in [4.78, 5) is 11.4. The average molecular weight is 537 g/mol. The molecule has 8 aromatic rings. The molecule has 4 heterocycles. The monoisotopic (exact) mass is 536 g/mol. The molecule has 0 saturated carbocycles. The van der Waals surface area contributed by atoms with Crippen LogP contribution in [0.1, 0.15) is 0 Å². The van der Waals surface area contributed by atoms with Crippen molar-refractivity contribution in [3.63, 3.8) is 0 Å². The molecule has 196 valence electrons. The molecule has 0 spiro atoms. The Kier molecular flexibility index (Phi) is 4.87. The molecule has 1 aliphatic rings. The molecule has 0 bridgehead atoms. The van der Waals surface area contributed by atoms with Crippen LogP contribution in [0, 0.1) is 0 Å². The number of hydrogen-bond donors (Lipinski definition) is 0. The third-order valence-electron chi connectivity index (χ3n) is 8.43. The van der Waals surface area contributed by atoms with E-state index in [2.05, 4.69) is 135 Å². The van der Waals surface area contributed by atoms with E-state index in [0.29, 0.717) is 0 Å². The molecule has 0 saturated heterocycles. The third-order valence-corrected chi connectivity index (χ3v) is 8.43. The van der Waals surface area contributed by atoms with E-state index in [4.69, 9.17) is 0 Å². The van der Waals surface area contributed by atoms with Crippen LogP contribution < -0.4 is 4.90 Å². The Bertz CT molecular complexity index is 2280. The quantitative estimate of drug-likeness (QED) is 0.225. The smallest absolute Gasteiger partial charge is 0.0702 e.